The van der Waals surface area contributed by atoms with Gasteiger partial charge in [0.1, 0.15) is 17.0 Å². The normalized spacial score (nSPS) is 11.0. The number of hydrogen-bond acceptors (Lipinski definition) is 3. The lowest BCUT2D eigenvalue weighted by molar-refractivity contribution is -0.138. The summed E-state index contributed by atoms with van der Waals surface area (Å²) in [6.07, 6.45) is 0. The van der Waals surface area contributed by atoms with E-state index in [2.05, 4.69) is 10.6 Å². The molecule has 26 heavy (non-hydrogen) atoms. The molecule has 0 heterocycles. The van der Waals surface area contributed by atoms with Crippen molar-refractivity contribution in [2.75, 3.05) is 12.4 Å². The highest BCUT2D eigenvalue weighted by molar-refractivity contribution is 6.31. The van der Waals surface area contributed by atoms with Gasteiger partial charge in [-0.1, -0.05) is 29.8 Å². The van der Waals surface area contributed by atoms with Gasteiger partial charge >= 0.3 is 0 Å². The first-order chi connectivity index (χ1) is 12.3. The molecule has 0 saturated carbocycles. The van der Waals surface area contributed by atoms with Crippen LogP contribution in [0.15, 0.2) is 42.5 Å². The van der Waals surface area contributed by atoms with Gasteiger partial charge in [0.2, 0.25) is 11.8 Å². The topological polar surface area (TPSA) is 67.4 Å². The average Bonchev–Trinajstić information content (AvgIpc) is 2.60. The standard InChI is InChI=1S/C19H20ClFN2O3/c1-19(2,17(24)22-11-12-6-4-5-7-14(12)21)18(25)23-15-10-13(20)8-9-16(15)26-3/h4-10H,11H2,1-3H3,(H,22,24)(H,23,25). The molecule has 0 bridgehead atoms. The number of benzene rings is 2. The number of carbonyl (C=O) groups is 2. The van der Waals surface area contributed by atoms with Crippen molar-refractivity contribution in [2.45, 2.75) is 20.4 Å². The van der Waals surface area contributed by atoms with Gasteiger partial charge in [0, 0.05) is 17.1 Å². The van der Waals surface area contributed by atoms with E-state index in [9.17, 15) is 14.0 Å². The number of rotatable bonds is 6. The van der Waals surface area contributed by atoms with Crippen LogP contribution < -0.4 is 15.4 Å². The third kappa shape index (κ3) is 4.52. The molecule has 2 rings (SSSR count). The van der Waals surface area contributed by atoms with Gasteiger partial charge in [0.05, 0.1) is 12.8 Å². The van der Waals surface area contributed by atoms with Crippen LogP contribution in [0.4, 0.5) is 10.1 Å². The van der Waals surface area contributed by atoms with Crippen molar-refractivity contribution in [1.29, 1.82) is 0 Å². The molecule has 0 unspecified atom stereocenters. The summed E-state index contributed by atoms with van der Waals surface area (Å²) in [5.74, 6) is -1.06. The number of hydrogen-bond donors (Lipinski definition) is 2. The average molecular weight is 379 g/mol. The largest absolute Gasteiger partial charge is 0.495 e. The molecule has 0 spiro atoms. The minimum atomic E-state index is -1.39. The number of halogens is 2. The molecule has 0 aliphatic carbocycles. The second-order valence-corrected chi connectivity index (χ2v) is 6.63. The molecule has 0 atom stereocenters. The predicted octanol–water partition coefficient (Wildman–Crippen LogP) is 3.77. The van der Waals surface area contributed by atoms with Crippen LogP contribution in [0.3, 0.4) is 0 Å². The number of anilines is 1. The quantitative estimate of drug-likeness (QED) is 0.752. The Morgan fingerprint density at radius 1 is 1.15 bits per heavy atom. The highest BCUT2D eigenvalue weighted by atomic mass is 35.5. The highest BCUT2D eigenvalue weighted by Crippen LogP contribution is 2.29. The minimum absolute atomic E-state index is 0.0112. The Morgan fingerprint density at radius 2 is 1.85 bits per heavy atom. The Hall–Kier alpha value is -2.60. The first kappa shape index (κ1) is 19.7. The lowest BCUT2D eigenvalue weighted by Gasteiger charge is -2.23. The van der Waals surface area contributed by atoms with Crippen molar-refractivity contribution in [2.24, 2.45) is 5.41 Å². The Balaban J connectivity index is 2.08. The molecule has 0 saturated heterocycles. The lowest BCUT2D eigenvalue weighted by Crippen LogP contribution is -2.45. The number of carbonyl (C=O) groups excluding carboxylic acids is 2. The summed E-state index contributed by atoms with van der Waals surface area (Å²) in [7, 11) is 1.46. The fourth-order valence-electron chi connectivity index (χ4n) is 2.20. The Labute approximate surface area is 156 Å². The molecule has 0 aromatic heterocycles. The molecular weight excluding hydrogens is 359 g/mol. The molecule has 7 heteroatoms. The molecule has 138 valence electrons. The van der Waals surface area contributed by atoms with E-state index in [-0.39, 0.29) is 6.54 Å². The molecule has 5 nitrogen and oxygen atoms in total. The maximum absolute atomic E-state index is 13.6. The van der Waals surface area contributed by atoms with Crippen LogP contribution in [0.1, 0.15) is 19.4 Å². The molecule has 2 aromatic rings. The Morgan fingerprint density at radius 3 is 2.50 bits per heavy atom. The van der Waals surface area contributed by atoms with Crippen LogP contribution in [0.2, 0.25) is 5.02 Å². The molecule has 2 N–H and O–H groups in total. The number of ether oxygens (including phenoxy) is 1. The van der Waals surface area contributed by atoms with Crippen molar-refractivity contribution in [3.63, 3.8) is 0 Å². The van der Waals surface area contributed by atoms with Gasteiger partial charge in [-0.25, -0.2) is 4.39 Å². The van der Waals surface area contributed by atoms with E-state index in [1.165, 1.54) is 33.1 Å². The van der Waals surface area contributed by atoms with Gasteiger partial charge < -0.3 is 15.4 Å². The SMILES string of the molecule is COc1ccc(Cl)cc1NC(=O)C(C)(C)C(=O)NCc1ccccc1F. The maximum atomic E-state index is 13.6. The monoisotopic (exact) mass is 378 g/mol. The number of methoxy groups -OCH3 is 1. The second kappa shape index (κ2) is 8.19. The number of amides is 2. The zero-order valence-corrected chi connectivity index (χ0v) is 15.5. The van der Waals surface area contributed by atoms with E-state index in [0.29, 0.717) is 22.0 Å². The van der Waals surface area contributed by atoms with Crippen molar-refractivity contribution >= 4 is 29.1 Å². The van der Waals surface area contributed by atoms with Crippen molar-refractivity contribution in [1.82, 2.24) is 5.32 Å². The minimum Gasteiger partial charge on any atom is -0.495 e. The third-order valence-electron chi connectivity index (χ3n) is 3.94. The zero-order valence-electron chi connectivity index (χ0n) is 14.7. The molecule has 0 fully saturated rings. The first-order valence-corrected chi connectivity index (χ1v) is 8.30. The Kier molecular flexibility index (Phi) is 6.21. The summed E-state index contributed by atoms with van der Waals surface area (Å²) in [6, 6.07) is 10.9. The van der Waals surface area contributed by atoms with Gasteiger partial charge in [0.25, 0.3) is 0 Å². The predicted molar refractivity (Wildman–Crippen MR) is 98.7 cm³/mol. The molecular formula is C19H20ClFN2O3. The fourth-order valence-corrected chi connectivity index (χ4v) is 2.37. The van der Waals surface area contributed by atoms with E-state index >= 15 is 0 Å². The van der Waals surface area contributed by atoms with E-state index in [4.69, 9.17) is 16.3 Å². The molecule has 2 aromatic carbocycles. The molecule has 0 aliphatic rings. The van der Waals surface area contributed by atoms with Gasteiger partial charge in [-0.3, -0.25) is 9.59 Å². The lowest BCUT2D eigenvalue weighted by atomic mass is 9.90. The third-order valence-corrected chi connectivity index (χ3v) is 4.18. The molecule has 2 amide bonds. The van der Waals surface area contributed by atoms with Gasteiger partial charge in [-0.05, 0) is 38.1 Å². The zero-order chi connectivity index (χ0) is 19.3. The van der Waals surface area contributed by atoms with Crippen LogP contribution >= 0.6 is 11.6 Å². The van der Waals surface area contributed by atoms with Crippen molar-refractivity contribution < 1.29 is 18.7 Å². The summed E-state index contributed by atoms with van der Waals surface area (Å²) in [5.41, 5.74) is -0.688. The first-order valence-electron chi connectivity index (χ1n) is 7.92. The van der Waals surface area contributed by atoms with Crippen LogP contribution in [0, 0.1) is 11.2 Å². The molecule has 0 radical (unpaired) electrons. The summed E-state index contributed by atoms with van der Waals surface area (Å²) >= 11 is 5.94. The highest BCUT2D eigenvalue weighted by Gasteiger charge is 2.36. The van der Waals surface area contributed by atoms with E-state index in [1.54, 1.807) is 30.3 Å². The maximum Gasteiger partial charge on any atom is 0.239 e. The van der Waals surface area contributed by atoms with Crippen LogP contribution in [-0.2, 0) is 16.1 Å². The van der Waals surface area contributed by atoms with Crippen LogP contribution in [-0.4, -0.2) is 18.9 Å². The summed E-state index contributed by atoms with van der Waals surface area (Å²) in [5, 5.41) is 5.66. The fraction of sp³-hybridized carbons (Fsp3) is 0.263. The van der Waals surface area contributed by atoms with Crippen LogP contribution in [0.5, 0.6) is 5.75 Å². The van der Waals surface area contributed by atoms with Crippen molar-refractivity contribution in [3.8, 4) is 5.75 Å². The smallest absolute Gasteiger partial charge is 0.239 e. The summed E-state index contributed by atoms with van der Waals surface area (Å²) in [6.45, 7) is 2.95. The molecule has 0 aliphatic heterocycles. The second-order valence-electron chi connectivity index (χ2n) is 6.20. The van der Waals surface area contributed by atoms with E-state index in [0.717, 1.165) is 0 Å². The van der Waals surface area contributed by atoms with Gasteiger partial charge in [0.15, 0.2) is 0 Å². The van der Waals surface area contributed by atoms with E-state index in [1.807, 2.05) is 0 Å². The van der Waals surface area contributed by atoms with Gasteiger partial charge in [-0.2, -0.15) is 0 Å². The van der Waals surface area contributed by atoms with E-state index < -0.39 is 23.0 Å². The number of nitrogens with one attached hydrogen (secondary N) is 2. The van der Waals surface area contributed by atoms with Crippen LogP contribution in [0.25, 0.3) is 0 Å². The van der Waals surface area contributed by atoms with Crippen molar-refractivity contribution in [3.05, 3.63) is 58.9 Å². The summed E-state index contributed by atoms with van der Waals surface area (Å²) < 4.78 is 18.8. The Bertz CT molecular complexity index is 824. The summed E-state index contributed by atoms with van der Waals surface area (Å²) in [4.78, 5) is 25.0. The van der Waals surface area contributed by atoms with Gasteiger partial charge in [-0.15, -0.1) is 0 Å².